The quantitative estimate of drug-likeness (QED) is 0.734. The number of ether oxygens (including phenoxy) is 1. The number of anilines is 1. The van der Waals surface area contributed by atoms with Crippen molar-refractivity contribution < 1.29 is 14.6 Å². The maximum absolute atomic E-state index is 11.2. The van der Waals surface area contributed by atoms with Gasteiger partial charge in [-0.15, -0.1) is 0 Å². The average molecular weight is 400 g/mol. The van der Waals surface area contributed by atoms with Gasteiger partial charge in [-0.05, 0) is 22.0 Å². The van der Waals surface area contributed by atoms with E-state index in [1.807, 2.05) is 6.07 Å². The Morgan fingerprint density at radius 2 is 2.26 bits per heavy atom. The third-order valence-electron chi connectivity index (χ3n) is 4.20. The van der Waals surface area contributed by atoms with Crippen molar-refractivity contribution in [2.45, 2.75) is 6.04 Å². The number of fused-ring (bicyclic) bond motifs is 2. The molecule has 9 heteroatoms. The van der Waals surface area contributed by atoms with Crippen molar-refractivity contribution in [2.24, 2.45) is 0 Å². The van der Waals surface area contributed by atoms with Crippen LogP contribution < -0.4 is 9.64 Å². The molecule has 1 atom stereocenters. The van der Waals surface area contributed by atoms with Gasteiger partial charge in [-0.2, -0.15) is 0 Å². The van der Waals surface area contributed by atoms with E-state index in [2.05, 4.69) is 30.8 Å². The normalized spacial score (nSPS) is 20.0. The third kappa shape index (κ3) is 2.28. The molecule has 0 spiro atoms. The molecular weight excluding hydrogens is 388 g/mol. The zero-order chi connectivity index (χ0) is 16.1. The lowest BCUT2D eigenvalue weighted by atomic mass is 10.1. The monoisotopic (exact) mass is 398 g/mol. The Balaban J connectivity index is 1.86. The summed E-state index contributed by atoms with van der Waals surface area (Å²) in [6.45, 7) is 1.69. The van der Waals surface area contributed by atoms with E-state index in [1.54, 1.807) is 0 Å². The highest BCUT2D eigenvalue weighted by Gasteiger charge is 2.35. The van der Waals surface area contributed by atoms with Gasteiger partial charge in [0, 0.05) is 24.1 Å². The maximum atomic E-state index is 11.2. The van der Waals surface area contributed by atoms with Gasteiger partial charge in [0.25, 0.3) is 0 Å². The molecule has 2 aliphatic rings. The summed E-state index contributed by atoms with van der Waals surface area (Å²) in [5.74, 6) is 1.29. The number of hydrogen-bond donors (Lipinski definition) is 1. The molecule has 4 rings (SSSR count). The number of rotatable bonds is 0. The Morgan fingerprint density at radius 3 is 3.04 bits per heavy atom. The van der Waals surface area contributed by atoms with E-state index in [-0.39, 0.29) is 6.04 Å². The van der Waals surface area contributed by atoms with Crippen LogP contribution in [0.25, 0.3) is 10.9 Å². The van der Waals surface area contributed by atoms with Crippen molar-refractivity contribution in [1.82, 2.24) is 14.9 Å². The van der Waals surface area contributed by atoms with E-state index in [4.69, 9.17) is 16.3 Å². The molecule has 1 aromatic carbocycles. The van der Waals surface area contributed by atoms with E-state index in [0.717, 1.165) is 16.7 Å². The molecule has 0 aliphatic carbocycles. The van der Waals surface area contributed by atoms with Crippen LogP contribution in [0.5, 0.6) is 5.75 Å². The number of carboxylic acid groups (broad SMARTS) is 1. The number of hydrogen-bond acceptors (Lipinski definition) is 5. The topological polar surface area (TPSA) is 78.8 Å². The molecule has 1 fully saturated rings. The highest BCUT2D eigenvalue weighted by molar-refractivity contribution is 9.10. The second-order valence-electron chi connectivity index (χ2n) is 5.48. The molecule has 2 aromatic rings. The SMILES string of the molecule is O=C(O)N1CCN2c3ncnc4cc(Br)c(Cl)c(c34)OC[C@H]2C1. The first-order valence-corrected chi connectivity index (χ1v) is 8.23. The van der Waals surface area contributed by atoms with Crippen LogP contribution in [-0.4, -0.2) is 58.4 Å². The van der Waals surface area contributed by atoms with Crippen LogP contribution in [0.4, 0.5) is 10.6 Å². The summed E-state index contributed by atoms with van der Waals surface area (Å²) in [6.07, 6.45) is 0.591. The van der Waals surface area contributed by atoms with Crippen LogP contribution >= 0.6 is 27.5 Å². The Hall–Kier alpha value is -1.80. The number of piperazine rings is 1. The average Bonchev–Trinajstić information content (AvgIpc) is 2.70. The van der Waals surface area contributed by atoms with Crippen molar-refractivity contribution in [3.8, 4) is 5.75 Å². The number of amides is 1. The molecule has 3 heterocycles. The van der Waals surface area contributed by atoms with Crippen LogP contribution in [0.2, 0.25) is 5.02 Å². The summed E-state index contributed by atoms with van der Waals surface area (Å²) >= 11 is 9.79. The van der Waals surface area contributed by atoms with Gasteiger partial charge in [-0.1, -0.05) is 11.6 Å². The lowest BCUT2D eigenvalue weighted by Gasteiger charge is -2.39. The molecule has 1 amide bonds. The van der Waals surface area contributed by atoms with Gasteiger partial charge in [0.15, 0.2) is 5.75 Å². The number of nitrogens with zero attached hydrogens (tertiary/aromatic N) is 4. The van der Waals surface area contributed by atoms with Gasteiger partial charge in [0.05, 0.1) is 22.0 Å². The number of carbonyl (C=O) groups is 1. The number of benzene rings is 1. The first kappa shape index (κ1) is 14.8. The van der Waals surface area contributed by atoms with E-state index >= 15 is 0 Å². The van der Waals surface area contributed by atoms with Crippen molar-refractivity contribution in [2.75, 3.05) is 31.1 Å². The van der Waals surface area contributed by atoms with Gasteiger partial charge in [-0.25, -0.2) is 14.8 Å². The fraction of sp³-hybridized carbons (Fsp3) is 0.357. The smallest absolute Gasteiger partial charge is 0.407 e. The minimum absolute atomic E-state index is 0.111. The lowest BCUT2D eigenvalue weighted by Crippen LogP contribution is -2.56. The Bertz CT molecular complexity index is 818. The summed E-state index contributed by atoms with van der Waals surface area (Å²) in [5.41, 5.74) is 0.739. The van der Waals surface area contributed by atoms with E-state index in [1.165, 1.54) is 11.2 Å². The highest BCUT2D eigenvalue weighted by Crippen LogP contribution is 2.44. The maximum Gasteiger partial charge on any atom is 0.407 e. The second-order valence-corrected chi connectivity index (χ2v) is 6.71. The standard InChI is InChI=1S/C14H12BrClN4O3/c15-8-3-9-10-12(11(8)16)23-5-7-4-19(14(21)22)1-2-20(7)13(10)18-6-17-9/h3,6-7H,1-2,4-5H2,(H,21,22)/t7-/m1/s1. The van der Waals surface area contributed by atoms with Crippen LogP contribution in [-0.2, 0) is 0 Å². The lowest BCUT2D eigenvalue weighted by molar-refractivity contribution is 0.127. The summed E-state index contributed by atoms with van der Waals surface area (Å²) in [5, 5.41) is 10.5. The molecule has 7 nitrogen and oxygen atoms in total. The summed E-state index contributed by atoms with van der Waals surface area (Å²) in [4.78, 5) is 23.4. The highest BCUT2D eigenvalue weighted by atomic mass is 79.9. The van der Waals surface area contributed by atoms with Crippen LogP contribution in [0.1, 0.15) is 0 Å². The van der Waals surface area contributed by atoms with Crippen LogP contribution in [0.3, 0.4) is 0 Å². The third-order valence-corrected chi connectivity index (χ3v) is 5.43. The van der Waals surface area contributed by atoms with Crippen molar-refractivity contribution in [3.05, 3.63) is 21.9 Å². The summed E-state index contributed by atoms with van der Waals surface area (Å²) in [7, 11) is 0. The molecule has 0 radical (unpaired) electrons. The Labute approximate surface area is 144 Å². The molecule has 2 aliphatic heterocycles. The summed E-state index contributed by atoms with van der Waals surface area (Å²) < 4.78 is 6.63. The van der Waals surface area contributed by atoms with E-state index < -0.39 is 6.09 Å². The molecule has 120 valence electrons. The molecule has 23 heavy (non-hydrogen) atoms. The summed E-state index contributed by atoms with van der Waals surface area (Å²) in [6, 6.07) is 1.73. The zero-order valence-corrected chi connectivity index (χ0v) is 14.2. The zero-order valence-electron chi connectivity index (χ0n) is 11.9. The van der Waals surface area contributed by atoms with Crippen LogP contribution in [0, 0.1) is 0 Å². The fourth-order valence-corrected chi connectivity index (χ4v) is 3.70. The molecule has 1 N–H and O–H groups in total. The fourth-order valence-electron chi connectivity index (χ4n) is 3.10. The number of halogens is 2. The van der Waals surface area contributed by atoms with Crippen molar-refractivity contribution in [3.63, 3.8) is 0 Å². The molecule has 0 unspecified atom stereocenters. The Morgan fingerprint density at radius 1 is 1.43 bits per heavy atom. The second kappa shape index (κ2) is 5.38. The van der Waals surface area contributed by atoms with E-state index in [0.29, 0.717) is 41.5 Å². The Kier molecular flexibility index (Phi) is 3.46. The molecule has 1 aromatic heterocycles. The van der Waals surface area contributed by atoms with Crippen LogP contribution in [0.15, 0.2) is 16.9 Å². The molecule has 0 saturated carbocycles. The number of aromatic nitrogens is 2. The van der Waals surface area contributed by atoms with Gasteiger partial charge in [0.1, 0.15) is 18.8 Å². The largest absolute Gasteiger partial charge is 0.489 e. The molecular formula is C14H12BrClN4O3. The minimum atomic E-state index is -0.917. The van der Waals surface area contributed by atoms with Crippen molar-refractivity contribution >= 4 is 50.3 Å². The van der Waals surface area contributed by atoms with Gasteiger partial charge >= 0.3 is 6.09 Å². The predicted octanol–water partition coefficient (Wildman–Crippen LogP) is 2.61. The van der Waals surface area contributed by atoms with Gasteiger partial charge in [0.2, 0.25) is 0 Å². The molecule has 1 saturated heterocycles. The predicted molar refractivity (Wildman–Crippen MR) is 88.5 cm³/mol. The first-order chi connectivity index (χ1) is 11.1. The minimum Gasteiger partial charge on any atom is -0.489 e. The van der Waals surface area contributed by atoms with Crippen molar-refractivity contribution in [1.29, 1.82) is 0 Å². The van der Waals surface area contributed by atoms with Gasteiger partial charge < -0.3 is 19.6 Å². The molecule has 0 bridgehead atoms. The van der Waals surface area contributed by atoms with E-state index in [9.17, 15) is 9.90 Å². The first-order valence-electron chi connectivity index (χ1n) is 7.06. The van der Waals surface area contributed by atoms with Gasteiger partial charge in [-0.3, -0.25) is 0 Å².